The summed E-state index contributed by atoms with van der Waals surface area (Å²) in [6.45, 7) is 12.6. The second kappa shape index (κ2) is 8.72. The number of aromatic nitrogens is 2. The lowest BCUT2D eigenvalue weighted by atomic mass is 10.0. The van der Waals surface area contributed by atoms with E-state index in [1.807, 2.05) is 17.9 Å². The first-order chi connectivity index (χ1) is 14.4. The summed E-state index contributed by atoms with van der Waals surface area (Å²) in [5.41, 5.74) is 3.39. The molecule has 1 aromatic carbocycles. The third-order valence-corrected chi connectivity index (χ3v) is 6.29. The van der Waals surface area contributed by atoms with E-state index in [9.17, 15) is 4.79 Å². The molecule has 1 aromatic heterocycles. The monoisotopic (exact) mass is 407 g/mol. The molecule has 0 N–H and O–H groups in total. The van der Waals surface area contributed by atoms with Gasteiger partial charge >= 0.3 is 0 Å². The van der Waals surface area contributed by atoms with Crippen molar-refractivity contribution in [2.24, 2.45) is 0 Å². The fourth-order valence-electron chi connectivity index (χ4n) is 4.48. The van der Waals surface area contributed by atoms with Gasteiger partial charge in [-0.15, -0.1) is 0 Å². The molecule has 0 bridgehead atoms. The number of hydrogen-bond donors (Lipinski definition) is 0. The van der Waals surface area contributed by atoms with Crippen molar-refractivity contribution < 1.29 is 4.79 Å². The molecule has 6 nitrogen and oxygen atoms in total. The van der Waals surface area contributed by atoms with Gasteiger partial charge in [-0.05, 0) is 38.3 Å². The van der Waals surface area contributed by atoms with Crippen LogP contribution in [0.5, 0.6) is 0 Å². The summed E-state index contributed by atoms with van der Waals surface area (Å²) in [6.07, 6.45) is 2.10. The van der Waals surface area contributed by atoms with Crippen molar-refractivity contribution in [2.45, 2.75) is 52.5 Å². The lowest BCUT2D eigenvalue weighted by Gasteiger charge is -2.40. The van der Waals surface area contributed by atoms with Crippen LogP contribution in [0.1, 0.15) is 50.2 Å². The fourth-order valence-corrected chi connectivity index (χ4v) is 4.48. The Morgan fingerprint density at radius 3 is 2.47 bits per heavy atom. The van der Waals surface area contributed by atoms with E-state index in [2.05, 4.69) is 59.8 Å². The Hall–Kier alpha value is -2.47. The Kier molecular flexibility index (Phi) is 6.04. The van der Waals surface area contributed by atoms with Crippen LogP contribution in [0.2, 0.25) is 0 Å². The molecule has 1 fully saturated rings. The van der Waals surface area contributed by atoms with Gasteiger partial charge in [-0.1, -0.05) is 32.0 Å². The molecule has 2 aliphatic heterocycles. The molecule has 1 amide bonds. The normalized spacial score (nSPS) is 18.4. The number of rotatable bonds is 4. The van der Waals surface area contributed by atoms with Gasteiger partial charge in [0.2, 0.25) is 5.91 Å². The molecule has 2 aromatic rings. The number of aryl methyl sites for hydroxylation is 2. The largest absolute Gasteiger partial charge is 0.354 e. The van der Waals surface area contributed by atoms with Crippen LogP contribution in [0.4, 0.5) is 11.5 Å². The summed E-state index contributed by atoms with van der Waals surface area (Å²) in [4.78, 5) is 29.3. The highest BCUT2D eigenvalue weighted by Gasteiger charge is 2.31. The summed E-state index contributed by atoms with van der Waals surface area (Å²) < 4.78 is 0. The molecule has 4 rings (SSSR count). The van der Waals surface area contributed by atoms with Crippen LogP contribution in [-0.4, -0.2) is 59.5 Å². The van der Waals surface area contributed by atoms with Crippen LogP contribution in [-0.2, 0) is 11.2 Å². The highest BCUT2D eigenvalue weighted by Crippen LogP contribution is 2.28. The highest BCUT2D eigenvalue weighted by atomic mass is 16.2. The van der Waals surface area contributed by atoms with E-state index >= 15 is 0 Å². The smallest absolute Gasteiger partial charge is 0.244 e. The van der Waals surface area contributed by atoms with Crippen LogP contribution in [0, 0.1) is 6.92 Å². The minimum atomic E-state index is -0.114. The summed E-state index contributed by atoms with van der Waals surface area (Å²) in [7, 11) is 0. The Morgan fingerprint density at radius 2 is 1.73 bits per heavy atom. The van der Waals surface area contributed by atoms with E-state index < -0.39 is 0 Å². The summed E-state index contributed by atoms with van der Waals surface area (Å²) in [5, 5.41) is 0. The quantitative estimate of drug-likeness (QED) is 0.778. The number of carbonyl (C=O) groups excluding carboxylic acids is 1. The predicted octanol–water partition coefficient (Wildman–Crippen LogP) is 3.40. The van der Waals surface area contributed by atoms with Crippen molar-refractivity contribution in [3.05, 3.63) is 47.4 Å². The zero-order valence-electron chi connectivity index (χ0n) is 18.6. The van der Waals surface area contributed by atoms with Crippen molar-refractivity contribution in [1.29, 1.82) is 0 Å². The molecule has 6 heteroatoms. The highest BCUT2D eigenvalue weighted by molar-refractivity contribution is 5.98. The third kappa shape index (κ3) is 4.19. The molecule has 1 saturated heterocycles. The maximum absolute atomic E-state index is 13.3. The number of carbonyl (C=O) groups is 1. The van der Waals surface area contributed by atoms with Crippen molar-refractivity contribution in [3.8, 4) is 0 Å². The topological polar surface area (TPSA) is 52.6 Å². The fraction of sp³-hybridized carbons (Fsp3) is 0.542. The second-order valence-corrected chi connectivity index (χ2v) is 8.80. The molecule has 0 spiro atoms. The average molecular weight is 408 g/mol. The lowest BCUT2D eigenvalue weighted by molar-refractivity contribution is -0.123. The van der Waals surface area contributed by atoms with E-state index in [0.717, 1.165) is 68.6 Å². The molecule has 160 valence electrons. The number of benzene rings is 1. The van der Waals surface area contributed by atoms with Crippen molar-refractivity contribution in [3.63, 3.8) is 0 Å². The maximum atomic E-state index is 13.3. The van der Waals surface area contributed by atoms with Gasteiger partial charge in [-0.25, -0.2) is 9.97 Å². The minimum Gasteiger partial charge on any atom is -0.354 e. The zero-order chi connectivity index (χ0) is 21.3. The van der Waals surface area contributed by atoms with Gasteiger partial charge in [-0.2, -0.15) is 0 Å². The third-order valence-electron chi connectivity index (χ3n) is 6.29. The van der Waals surface area contributed by atoms with Gasteiger partial charge in [0, 0.05) is 56.1 Å². The van der Waals surface area contributed by atoms with E-state index in [1.54, 1.807) is 0 Å². The Bertz CT molecular complexity index is 904. The van der Waals surface area contributed by atoms with E-state index in [-0.39, 0.29) is 11.9 Å². The Morgan fingerprint density at radius 1 is 1.00 bits per heavy atom. The molecule has 0 aliphatic carbocycles. The molecular formula is C24H33N5O. The molecule has 30 heavy (non-hydrogen) atoms. The summed E-state index contributed by atoms with van der Waals surface area (Å²) in [5.74, 6) is 2.44. The van der Waals surface area contributed by atoms with Gasteiger partial charge in [-0.3, -0.25) is 9.69 Å². The number of anilines is 2. The zero-order valence-corrected chi connectivity index (χ0v) is 18.6. The molecule has 1 unspecified atom stereocenters. The molecule has 1 atom stereocenters. The summed E-state index contributed by atoms with van der Waals surface area (Å²) in [6, 6.07) is 10.3. The van der Waals surface area contributed by atoms with E-state index in [0.29, 0.717) is 5.92 Å². The first-order valence-electron chi connectivity index (χ1n) is 11.2. The van der Waals surface area contributed by atoms with Gasteiger partial charge in [0.1, 0.15) is 11.6 Å². The predicted molar refractivity (Wildman–Crippen MR) is 121 cm³/mol. The minimum absolute atomic E-state index is 0.114. The van der Waals surface area contributed by atoms with Crippen LogP contribution in [0.3, 0.4) is 0 Å². The van der Waals surface area contributed by atoms with Crippen molar-refractivity contribution in [1.82, 2.24) is 14.9 Å². The Balaban J connectivity index is 1.42. The van der Waals surface area contributed by atoms with Gasteiger partial charge < -0.3 is 9.80 Å². The number of fused-ring (bicyclic) bond motifs is 1. The standard InChI is InChI=1S/C24H33N5O/c1-17(2)23-25-18(3)16-22(26-23)28-14-12-27(13-15-28)19(4)24(30)29-11-7-9-20-8-5-6-10-21(20)29/h5-6,8,10,16-17,19H,7,9,11-15H2,1-4H3. The van der Waals surface area contributed by atoms with E-state index in [1.165, 1.54) is 5.56 Å². The van der Waals surface area contributed by atoms with E-state index in [4.69, 9.17) is 4.98 Å². The first-order valence-corrected chi connectivity index (χ1v) is 11.2. The second-order valence-electron chi connectivity index (χ2n) is 8.80. The summed E-state index contributed by atoms with van der Waals surface area (Å²) >= 11 is 0. The Labute approximate surface area is 179 Å². The SMILES string of the molecule is Cc1cc(N2CCN(C(C)C(=O)N3CCCc4ccccc43)CC2)nc(C(C)C)n1. The number of piperazine rings is 1. The lowest BCUT2D eigenvalue weighted by Crippen LogP contribution is -2.55. The molecule has 0 saturated carbocycles. The van der Waals surface area contributed by atoms with Crippen LogP contribution >= 0.6 is 0 Å². The van der Waals surface area contributed by atoms with Gasteiger partial charge in [0.25, 0.3) is 0 Å². The van der Waals surface area contributed by atoms with Crippen LogP contribution < -0.4 is 9.80 Å². The average Bonchev–Trinajstić information content (AvgIpc) is 2.77. The molecular weight excluding hydrogens is 374 g/mol. The maximum Gasteiger partial charge on any atom is 0.244 e. The van der Waals surface area contributed by atoms with Gasteiger partial charge in [0.05, 0.1) is 6.04 Å². The van der Waals surface area contributed by atoms with Crippen LogP contribution in [0.15, 0.2) is 30.3 Å². The molecule has 0 radical (unpaired) electrons. The van der Waals surface area contributed by atoms with Crippen LogP contribution in [0.25, 0.3) is 0 Å². The number of nitrogens with zero attached hydrogens (tertiary/aromatic N) is 5. The number of amides is 1. The van der Waals surface area contributed by atoms with Crippen molar-refractivity contribution in [2.75, 3.05) is 42.5 Å². The van der Waals surface area contributed by atoms with Gasteiger partial charge in [0.15, 0.2) is 0 Å². The molecule has 2 aliphatic rings. The van der Waals surface area contributed by atoms with Crippen molar-refractivity contribution >= 4 is 17.4 Å². The number of para-hydroxylation sites is 1. The first kappa shape index (κ1) is 20.8. The number of hydrogen-bond acceptors (Lipinski definition) is 5. The molecule has 3 heterocycles.